The zero-order chi connectivity index (χ0) is 12.3. The Morgan fingerprint density at radius 3 is 2.62 bits per heavy atom. The highest BCUT2D eigenvalue weighted by molar-refractivity contribution is 5.84. The molecule has 2 atom stereocenters. The number of aliphatic hydroxyl groups excluding tert-OH is 1. The fourth-order valence-corrected chi connectivity index (χ4v) is 1.44. The molecule has 0 saturated carbocycles. The van der Waals surface area contributed by atoms with Gasteiger partial charge in [-0.2, -0.15) is 0 Å². The zero-order valence-corrected chi connectivity index (χ0v) is 9.62. The summed E-state index contributed by atoms with van der Waals surface area (Å²) in [6, 6.07) is -0.376. The van der Waals surface area contributed by atoms with Crippen LogP contribution in [0.2, 0.25) is 0 Å². The van der Waals surface area contributed by atoms with E-state index in [0.717, 1.165) is 0 Å². The lowest BCUT2D eigenvalue weighted by molar-refractivity contribution is -0.127. The molecule has 0 spiro atoms. The van der Waals surface area contributed by atoms with Crippen LogP contribution in [0.1, 0.15) is 20.3 Å². The molecule has 1 heterocycles. The maximum Gasteiger partial charge on any atom is 0.237 e. The van der Waals surface area contributed by atoms with Crippen molar-refractivity contribution in [3.05, 3.63) is 0 Å². The van der Waals surface area contributed by atoms with Gasteiger partial charge in [-0.25, -0.2) is 0 Å². The van der Waals surface area contributed by atoms with Crippen LogP contribution in [0.5, 0.6) is 0 Å². The predicted molar refractivity (Wildman–Crippen MR) is 58.4 cm³/mol. The monoisotopic (exact) mass is 229 g/mol. The van der Waals surface area contributed by atoms with Gasteiger partial charge < -0.3 is 21.5 Å². The molecule has 92 valence electrons. The standard InChI is InChI=1S/C10H19N3O3/c1-10(2,9(11)16)5-13-8(15)7-3-6(14)4-12-7/h6-7,12,14H,3-5H2,1-2H3,(H2,11,16)(H,13,15). The third-order valence-electron chi connectivity index (χ3n) is 2.80. The number of hydrogen-bond donors (Lipinski definition) is 4. The number of nitrogens with one attached hydrogen (secondary N) is 2. The van der Waals surface area contributed by atoms with Crippen molar-refractivity contribution < 1.29 is 14.7 Å². The molecule has 16 heavy (non-hydrogen) atoms. The number of rotatable bonds is 4. The van der Waals surface area contributed by atoms with Gasteiger partial charge in [0.15, 0.2) is 0 Å². The van der Waals surface area contributed by atoms with Gasteiger partial charge in [-0.3, -0.25) is 9.59 Å². The van der Waals surface area contributed by atoms with Crippen molar-refractivity contribution in [3.63, 3.8) is 0 Å². The van der Waals surface area contributed by atoms with Gasteiger partial charge in [-0.05, 0) is 20.3 Å². The Balaban J connectivity index is 2.38. The summed E-state index contributed by atoms with van der Waals surface area (Å²) in [5.74, 6) is -0.655. The van der Waals surface area contributed by atoms with Crippen LogP contribution in [-0.4, -0.2) is 42.2 Å². The molecule has 5 N–H and O–H groups in total. The molecule has 0 bridgehead atoms. The summed E-state index contributed by atoms with van der Waals surface area (Å²) in [5, 5.41) is 14.8. The lowest BCUT2D eigenvalue weighted by Gasteiger charge is -2.22. The molecular weight excluding hydrogens is 210 g/mol. The predicted octanol–water partition coefficient (Wildman–Crippen LogP) is -1.66. The zero-order valence-electron chi connectivity index (χ0n) is 9.62. The number of carbonyl (C=O) groups excluding carboxylic acids is 2. The quantitative estimate of drug-likeness (QED) is 0.463. The average molecular weight is 229 g/mol. The van der Waals surface area contributed by atoms with Crippen molar-refractivity contribution in [1.82, 2.24) is 10.6 Å². The first kappa shape index (κ1) is 12.9. The van der Waals surface area contributed by atoms with Gasteiger partial charge >= 0.3 is 0 Å². The molecule has 2 unspecified atom stereocenters. The molecule has 1 rings (SSSR count). The molecule has 6 heteroatoms. The van der Waals surface area contributed by atoms with Crippen LogP contribution in [-0.2, 0) is 9.59 Å². The molecule has 6 nitrogen and oxygen atoms in total. The highest BCUT2D eigenvalue weighted by Gasteiger charge is 2.30. The van der Waals surface area contributed by atoms with E-state index in [4.69, 9.17) is 5.73 Å². The molecule has 0 aromatic carbocycles. The highest BCUT2D eigenvalue weighted by atomic mass is 16.3. The average Bonchev–Trinajstić information content (AvgIpc) is 2.61. The Morgan fingerprint density at radius 2 is 2.19 bits per heavy atom. The van der Waals surface area contributed by atoms with Crippen molar-refractivity contribution in [2.75, 3.05) is 13.1 Å². The third-order valence-corrected chi connectivity index (χ3v) is 2.80. The van der Waals surface area contributed by atoms with E-state index < -0.39 is 17.4 Å². The van der Waals surface area contributed by atoms with E-state index in [1.54, 1.807) is 13.8 Å². The van der Waals surface area contributed by atoms with Crippen LogP contribution in [0.4, 0.5) is 0 Å². The van der Waals surface area contributed by atoms with Crippen molar-refractivity contribution in [3.8, 4) is 0 Å². The fourth-order valence-electron chi connectivity index (χ4n) is 1.44. The largest absolute Gasteiger partial charge is 0.392 e. The van der Waals surface area contributed by atoms with Gasteiger partial charge in [0, 0.05) is 13.1 Å². The van der Waals surface area contributed by atoms with Gasteiger partial charge in [0.2, 0.25) is 11.8 Å². The maximum absolute atomic E-state index is 11.6. The lowest BCUT2D eigenvalue weighted by Crippen LogP contribution is -2.47. The second kappa shape index (κ2) is 4.80. The molecule has 0 aromatic heterocycles. The second-order valence-electron chi connectivity index (χ2n) is 4.82. The summed E-state index contributed by atoms with van der Waals surface area (Å²) in [7, 11) is 0. The summed E-state index contributed by atoms with van der Waals surface area (Å²) in [6.45, 7) is 3.98. The minimum absolute atomic E-state index is 0.203. The molecule has 2 amide bonds. The first-order valence-electron chi connectivity index (χ1n) is 5.32. The SMILES string of the molecule is CC(C)(CNC(=O)C1CC(O)CN1)C(N)=O. The number of amides is 2. The number of nitrogens with two attached hydrogens (primary N) is 1. The van der Waals surface area contributed by atoms with Gasteiger partial charge in [-0.1, -0.05) is 0 Å². The number of aliphatic hydroxyl groups is 1. The van der Waals surface area contributed by atoms with Gasteiger partial charge in [-0.15, -0.1) is 0 Å². The van der Waals surface area contributed by atoms with Crippen LogP contribution in [0.3, 0.4) is 0 Å². The molecule has 0 aliphatic carbocycles. The van der Waals surface area contributed by atoms with E-state index >= 15 is 0 Å². The minimum Gasteiger partial charge on any atom is -0.392 e. The van der Waals surface area contributed by atoms with E-state index in [2.05, 4.69) is 10.6 Å². The molecular formula is C10H19N3O3. The lowest BCUT2D eigenvalue weighted by atomic mass is 9.92. The van der Waals surface area contributed by atoms with Crippen molar-refractivity contribution >= 4 is 11.8 Å². The Morgan fingerprint density at radius 1 is 1.56 bits per heavy atom. The molecule has 1 aliphatic heterocycles. The van der Waals surface area contributed by atoms with Gasteiger partial charge in [0.25, 0.3) is 0 Å². The van der Waals surface area contributed by atoms with Crippen LogP contribution >= 0.6 is 0 Å². The Hall–Kier alpha value is -1.14. The van der Waals surface area contributed by atoms with Crippen LogP contribution < -0.4 is 16.4 Å². The molecule has 0 radical (unpaired) electrons. The topological polar surface area (TPSA) is 104 Å². The van der Waals surface area contributed by atoms with Gasteiger partial charge in [0.05, 0.1) is 17.6 Å². The van der Waals surface area contributed by atoms with E-state index in [0.29, 0.717) is 13.0 Å². The Bertz CT molecular complexity index is 291. The first-order valence-corrected chi connectivity index (χ1v) is 5.32. The smallest absolute Gasteiger partial charge is 0.237 e. The van der Waals surface area contributed by atoms with Crippen LogP contribution in [0.25, 0.3) is 0 Å². The molecule has 0 aromatic rings. The summed E-state index contributed by atoms with van der Waals surface area (Å²) in [6.07, 6.45) is -0.0667. The molecule has 1 saturated heterocycles. The van der Waals surface area contributed by atoms with E-state index in [1.807, 2.05) is 0 Å². The second-order valence-corrected chi connectivity index (χ2v) is 4.82. The summed E-state index contributed by atoms with van der Waals surface area (Å²) >= 11 is 0. The van der Waals surface area contributed by atoms with Crippen LogP contribution in [0.15, 0.2) is 0 Å². The molecule has 1 fully saturated rings. The van der Waals surface area contributed by atoms with Crippen molar-refractivity contribution in [1.29, 1.82) is 0 Å². The first-order chi connectivity index (χ1) is 7.33. The highest BCUT2D eigenvalue weighted by Crippen LogP contribution is 2.12. The normalized spacial score (nSPS) is 25.4. The van der Waals surface area contributed by atoms with Crippen molar-refractivity contribution in [2.24, 2.45) is 11.1 Å². The van der Waals surface area contributed by atoms with Crippen LogP contribution in [0, 0.1) is 5.41 Å². The maximum atomic E-state index is 11.6. The van der Waals surface area contributed by atoms with E-state index in [-0.39, 0.29) is 18.5 Å². The number of carbonyl (C=O) groups is 2. The van der Waals surface area contributed by atoms with E-state index in [9.17, 15) is 14.7 Å². The fraction of sp³-hybridized carbons (Fsp3) is 0.800. The van der Waals surface area contributed by atoms with Crippen molar-refractivity contribution in [2.45, 2.75) is 32.4 Å². The third kappa shape index (κ3) is 3.18. The van der Waals surface area contributed by atoms with E-state index in [1.165, 1.54) is 0 Å². The minimum atomic E-state index is -0.757. The van der Waals surface area contributed by atoms with Gasteiger partial charge in [0.1, 0.15) is 0 Å². The summed E-state index contributed by atoms with van der Waals surface area (Å²) in [5.41, 5.74) is 4.43. The number of β-amino-alcohol motifs (C(OH)–C–C–N with tert-alkyl or cyclic N) is 1. The summed E-state index contributed by atoms with van der Waals surface area (Å²) < 4.78 is 0. The Labute approximate surface area is 94.6 Å². The number of hydrogen-bond acceptors (Lipinski definition) is 4. The summed E-state index contributed by atoms with van der Waals surface area (Å²) in [4.78, 5) is 22.6. The Kier molecular flexibility index (Phi) is 3.88. The molecule has 1 aliphatic rings. The number of primary amides is 1.